The van der Waals surface area contributed by atoms with Gasteiger partial charge in [-0.15, -0.1) is 0 Å². The Balaban J connectivity index is 0.00000274. The van der Waals surface area contributed by atoms with Gasteiger partial charge in [0.25, 0.3) is 5.91 Å². The average Bonchev–Trinajstić information content (AvgIpc) is 2.85. The fourth-order valence-electron chi connectivity index (χ4n) is 4.13. The first-order valence-electron chi connectivity index (χ1n) is 10.9. The molecule has 1 aliphatic heterocycles. The second-order valence-corrected chi connectivity index (χ2v) is 7.98. The molecule has 2 heterocycles. The van der Waals surface area contributed by atoms with E-state index in [2.05, 4.69) is 10.2 Å². The van der Waals surface area contributed by atoms with Crippen LogP contribution in [0.1, 0.15) is 5.56 Å². The highest BCUT2D eigenvalue weighted by Gasteiger charge is 2.14. The maximum Gasteiger partial charge on any atom is 0.344 e. The van der Waals surface area contributed by atoms with Gasteiger partial charge in [0.05, 0.1) is 18.6 Å². The molecule has 7 nitrogen and oxygen atoms in total. The summed E-state index contributed by atoms with van der Waals surface area (Å²) in [5, 5.41) is 5.05. The van der Waals surface area contributed by atoms with Gasteiger partial charge in [-0.3, -0.25) is 4.79 Å². The molecule has 0 spiro atoms. The van der Waals surface area contributed by atoms with Crippen molar-refractivity contribution in [3.63, 3.8) is 0 Å². The first-order valence-corrected chi connectivity index (χ1v) is 10.9. The third-order valence-corrected chi connectivity index (χ3v) is 5.87. The summed E-state index contributed by atoms with van der Waals surface area (Å²) in [6, 6.07) is 18.7. The van der Waals surface area contributed by atoms with Crippen molar-refractivity contribution in [3.8, 4) is 5.75 Å². The predicted molar refractivity (Wildman–Crippen MR) is 128 cm³/mol. The molecule has 0 saturated carbocycles. The predicted octanol–water partition coefficient (Wildman–Crippen LogP) is 1.11. The molecule has 0 bridgehead atoms. The summed E-state index contributed by atoms with van der Waals surface area (Å²) in [6.45, 7) is 4.83. The van der Waals surface area contributed by atoms with Crippen LogP contribution in [0, 0.1) is 6.92 Å². The number of nitrogens with one attached hydrogen (secondary N) is 1. The monoisotopic (exact) mass is 479 g/mol. The van der Waals surface area contributed by atoms with Crippen LogP contribution in [-0.4, -0.2) is 38.8 Å². The fourth-order valence-corrected chi connectivity index (χ4v) is 4.13. The van der Waals surface area contributed by atoms with Gasteiger partial charge in [-0.1, -0.05) is 18.2 Å². The number of hydrogen-bond acceptors (Lipinski definition) is 6. The van der Waals surface area contributed by atoms with Crippen LogP contribution >= 0.6 is 0 Å². The van der Waals surface area contributed by atoms with Gasteiger partial charge >= 0.3 is 5.63 Å². The number of hydrogen-bond donors (Lipinski definition) is 1. The maximum atomic E-state index is 12.4. The van der Waals surface area contributed by atoms with Crippen LogP contribution in [0.3, 0.4) is 0 Å². The number of rotatable bonds is 5. The number of halogens is 1. The van der Waals surface area contributed by atoms with E-state index in [-0.39, 0.29) is 24.9 Å². The van der Waals surface area contributed by atoms with Gasteiger partial charge in [0.15, 0.2) is 6.61 Å². The Morgan fingerprint density at radius 3 is 2.41 bits per heavy atom. The number of benzene rings is 3. The molecule has 3 aromatic carbocycles. The molecule has 1 N–H and O–H groups in total. The topological polar surface area (TPSA) is 81.0 Å². The summed E-state index contributed by atoms with van der Waals surface area (Å²) in [5.41, 5.74) is 2.56. The minimum Gasteiger partial charge on any atom is -1.00 e. The SMILES string of the molecule is Cc1c(OCC(=O)Nc2ccc(N3CCOCC3)cc2)ccc2c1oc(=O)c1ccccc12.[Cl-]. The van der Waals surface area contributed by atoms with Crippen molar-refractivity contribution in [1.82, 2.24) is 0 Å². The number of aryl methyl sites for hydroxylation is 1. The number of anilines is 2. The number of amides is 1. The molecule has 8 heteroatoms. The van der Waals surface area contributed by atoms with Crippen molar-refractivity contribution in [2.75, 3.05) is 43.1 Å². The summed E-state index contributed by atoms with van der Waals surface area (Å²) in [7, 11) is 0. The van der Waals surface area contributed by atoms with Crippen LogP contribution in [-0.2, 0) is 9.53 Å². The van der Waals surface area contributed by atoms with Gasteiger partial charge < -0.3 is 36.5 Å². The normalized spacial score (nSPS) is 13.5. The van der Waals surface area contributed by atoms with Crippen molar-refractivity contribution in [2.24, 2.45) is 0 Å². The fraction of sp³-hybridized carbons (Fsp3) is 0.231. The Bertz CT molecular complexity index is 1380. The molecule has 0 radical (unpaired) electrons. The third kappa shape index (κ3) is 4.71. The Kier molecular flexibility index (Phi) is 7.05. The van der Waals surface area contributed by atoms with E-state index in [1.54, 1.807) is 12.1 Å². The molecular weight excluding hydrogens is 456 g/mol. The molecular formula is C26H24ClN2O5-. The smallest absolute Gasteiger partial charge is 0.344 e. The van der Waals surface area contributed by atoms with E-state index >= 15 is 0 Å². The van der Waals surface area contributed by atoms with Gasteiger partial charge in [0.1, 0.15) is 11.3 Å². The van der Waals surface area contributed by atoms with Gasteiger partial charge in [0, 0.05) is 35.4 Å². The number of morpholine rings is 1. The molecule has 0 atom stereocenters. The number of carbonyl (C=O) groups is 1. The van der Waals surface area contributed by atoms with E-state index in [0.29, 0.717) is 28.0 Å². The highest BCUT2D eigenvalue weighted by molar-refractivity contribution is 6.05. The zero-order valence-electron chi connectivity index (χ0n) is 18.7. The molecule has 5 rings (SSSR count). The van der Waals surface area contributed by atoms with Crippen LogP contribution in [0.25, 0.3) is 21.7 Å². The maximum absolute atomic E-state index is 12.4. The van der Waals surface area contributed by atoms with Crippen LogP contribution in [0.5, 0.6) is 5.75 Å². The molecule has 0 unspecified atom stereocenters. The van der Waals surface area contributed by atoms with E-state index in [9.17, 15) is 9.59 Å². The van der Waals surface area contributed by atoms with Crippen molar-refractivity contribution in [3.05, 3.63) is 76.6 Å². The zero-order chi connectivity index (χ0) is 22.8. The highest BCUT2D eigenvalue weighted by Crippen LogP contribution is 2.30. The van der Waals surface area contributed by atoms with Crippen LogP contribution in [0.2, 0.25) is 0 Å². The minimum atomic E-state index is -0.392. The lowest BCUT2D eigenvalue weighted by atomic mass is 10.0. The van der Waals surface area contributed by atoms with Crippen molar-refractivity contribution in [1.29, 1.82) is 0 Å². The van der Waals surface area contributed by atoms with Gasteiger partial charge in [-0.05, 0) is 54.8 Å². The van der Waals surface area contributed by atoms with E-state index in [1.807, 2.05) is 55.5 Å². The second kappa shape index (κ2) is 10.2. The van der Waals surface area contributed by atoms with Crippen LogP contribution in [0.15, 0.2) is 69.9 Å². The standard InChI is InChI=1S/C26H24N2O5.ClH/c1-17-23(11-10-21-20-4-2-3-5-22(20)26(30)33-25(17)21)32-16-24(29)27-18-6-8-19(9-7-18)28-12-14-31-15-13-28;/h2-11H,12-16H2,1H3,(H,27,29);1H/p-1. The highest BCUT2D eigenvalue weighted by atomic mass is 35.5. The van der Waals surface area contributed by atoms with E-state index in [0.717, 1.165) is 42.8 Å². The minimum absolute atomic E-state index is 0. The lowest BCUT2D eigenvalue weighted by molar-refractivity contribution is -0.118. The first kappa shape index (κ1) is 23.6. The van der Waals surface area contributed by atoms with Crippen LogP contribution in [0.4, 0.5) is 11.4 Å². The van der Waals surface area contributed by atoms with Crippen LogP contribution < -0.4 is 33.0 Å². The van der Waals surface area contributed by atoms with E-state index in [4.69, 9.17) is 13.9 Å². The molecule has 1 fully saturated rings. The van der Waals surface area contributed by atoms with Gasteiger partial charge in [0.2, 0.25) is 0 Å². The lowest BCUT2D eigenvalue weighted by Gasteiger charge is -2.28. The van der Waals surface area contributed by atoms with Gasteiger partial charge in [-0.25, -0.2) is 4.79 Å². The number of ether oxygens (including phenoxy) is 2. The Morgan fingerprint density at radius 1 is 0.971 bits per heavy atom. The molecule has 176 valence electrons. The van der Waals surface area contributed by atoms with Crippen molar-refractivity contribution in [2.45, 2.75) is 6.92 Å². The first-order chi connectivity index (χ1) is 16.1. The largest absolute Gasteiger partial charge is 1.00 e. The molecule has 1 aliphatic rings. The quantitative estimate of drug-likeness (QED) is 0.341. The average molecular weight is 480 g/mol. The number of fused-ring (bicyclic) bond motifs is 3. The molecule has 1 amide bonds. The summed E-state index contributed by atoms with van der Waals surface area (Å²) in [4.78, 5) is 27.1. The Hall–Kier alpha value is -3.55. The summed E-state index contributed by atoms with van der Waals surface area (Å²) < 4.78 is 16.7. The van der Waals surface area contributed by atoms with E-state index < -0.39 is 5.63 Å². The summed E-state index contributed by atoms with van der Waals surface area (Å²) >= 11 is 0. The molecule has 1 aromatic heterocycles. The third-order valence-electron chi connectivity index (χ3n) is 5.87. The molecule has 1 saturated heterocycles. The van der Waals surface area contributed by atoms with E-state index in [1.165, 1.54) is 0 Å². The summed E-state index contributed by atoms with van der Waals surface area (Å²) in [5.74, 6) is 0.229. The summed E-state index contributed by atoms with van der Waals surface area (Å²) in [6.07, 6.45) is 0. The molecule has 34 heavy (non-hydrogen) atoms. The second-order valence-electron chi connectivity index (χ2n) is 7.98. The Labute approximate surface area is 202 Å². The number of carbonyl (C=O) groups excluding carboxylic acids is 1. The van der Waals surface area contributed by atoms with Crippen molar-refractivity contribution < 1.29 is 31.1 Å². The molecule has 0 aliphatic carbocycles. The number of nitrogens with zero attached hydrogens (tertiary/aromatic N) is 1. The lowest BCUT2D eigenvalue weighted by Crippen LogP contribution is -3.00. The van der Waals surface area contributed by atoms with Gasteiger partial charge in [-0.2, -0.15) is 0 Å². The molecule has 4 aromatic rings. The Morgan fingerprint density at radius 2 is 1.68 bits per heavy atom. The zero-order valence-corrected chi connectivity index (χ0v) is 19.4. The van der Waals surface area contributed by atoms with Crippen molar-refractivity contribution >= 4 is 39.0 Å².